The summed E-state index contributed by atoms with van der Waals surface area (Å²) in [5.41, 5.74) is 0.179. The van der Waals surface area contributed by atoms with E-state index in [0.29, 0.717) is 12.4 Å². The summed E-state index contributed by atoms with van der Waals surface area (Å²) in [5, 5.41) is 11.4. The lowest BCUT2D eigenvalue weighted by Crippen LogP contribution is -2.34. The van der Waals surface area contributed by atoms with Crippen LogP contribution in [0.5, 0.6) is 0 Å². The van der Waals surface area contributed by atoms with Crippen molar-refractivity contribution in [3.8, 4) is 0 Å². The molecule has 7 nitrogen and oxygen atoms in total. The number of hydrogen-bond acceptors (Lipinski definition) is 4. The first-order valence-electron chi connectivity index (χ1n) is 8.42. The zero-order valence-corrected chi connectivity index (χ0v) is 13.2. The zero-order valence-electron chi connectivity index (χ0n) is 13.2. The maximum Gasteiger partial charge on any atom is 0.289 e. The van der Waals surface area contributed by atoms with E-state index >= 15 is 0 Å². The standard InChI is InChI=1S/C16H22N6O/c23-15(14-20-19-13-4-2-1-3-8-22(13)14)18-10-16(5-6-16)11-21-9-7-17-12-21/h7,9,12H,1-6,8,10-11H2,(H,18,23). The molecule has 2 aromatic heterocycles. The summed E-state index contributed by atoms with van der Waals surface area (Å²) >= 11 is 0. The highest BCUT2D eigenvalue weighted by Gasteiger charge is 2.43. The molecule has 122 valence electrons. The summed E-state index contributed by atoms with van der Waals surface area (Å²) in [6.07, 6.45) is 12.2. The molecule has 7 heteroatoms. The molecule has 0 bridgehead atoms. The third-order valence-corrected chi connectivity index (χ3v) is 4.97. The van der Waals surface area contributed by atoms with Crippen molar-refractivity contribution in [1.82, 2.24) is 29.6 Å². The molecule has 0 atom stereocenters. The van der Waals surface area contributed by atoms with Gasteiger partial charge < -0.3 is 14.5 Å². The highest BCUT2D eigenvalue weighted by Crippen LogP contribution is 2.46. The Morgan fingerprint density at radius 3 is 2.96 bits per heavy atom. The number of aryl methyl sites for hydroxylation is 1. The number of aromatic nitrogens is 5. The van der Waals surface area contributed by atoms with Crippen LogP contribution in [0.1, 0.15) is 48.5 Å². The maximum absolute atomic E-state index is 12.5. The Bertz CT molecular complexity index is 685. The Hall–Kier alpha value is -2.18. The molecular weight excluding hydrogens is 292 g/mol. The van der Waals surface area contributed by atoms with Crippen molar-refractivity contribution in [2.75, 3.05) is 6.54 Å². The lowest BCUT2D eigenvalue weighted by molar-refractivity contribution is 0.0927. The molecule has 0 spiro atoms. The predicted molar refractivity (Wildman–Crippen MR) is 83.8 cm³/mol. The van der Waals surface area contributed by atoms with Gasteiger partial charge in [-0.2, -0.15) is 0 Å². The topological polar surface area (TPSA) is 77.6 Å². The Kier molecular flexibility index (Phi) is 3.63. The van der Waals surface area contributed by atoms with Gasteiger partial charge in [0.25, 0.3) is 5.91 Å². The summed E-state index contributed by atoms with van der Waals surface area (Å²) in [6.45, 7) is 2.45. The average Bonchev–Trinajstić information content (AvgIpc) is 3.02. The smallest absolute Gasteiger partial charge is 0.289 e. The van der Waals surface area contributed by atoms with Crippen LogP contribution < -0.4 is 5.32 Å². The van der Waals surface area contributed by atoms with E-state index in [1.165, 1.54) is 6.42 Å². The lowest BCUT2D eigenvalue weighted by atomic mass is 10.1. The molecule has 0 unspecified atom stereocenters. The molecule has 0 saturated heterocycles. The van der Waals surface area contributed by atoms with Crippen molar-refractivity contribution >= 4 is 5.91 Å². The van der Waals surface area contributed by atoms with Gasteiger partial charge in [0.1, 0.15) is 5.82 Å². The first kappa shape index (κ1) is 14.4. The third-order valence-electron chi connectivity index (χ3n) is 4.97. The van der Waals surface area contributed by atoms with Crippen LogP contribution in [0.15, 0.2) is 18.7 Å². The van der Waals surface area contributed by atoms with E-state index in [1.807, 2.05) is 17.1 Å². The van der Waals surface area contributed by atoms with E-state index < -0.39 is 0 Å². The van der Waals surface area contributed by atoms with E-state index in [0.717, 1.165) is 51.0 Å². The van der Waals surface area contributed by atoms with Gasteiger partial charge in [-0.15, -0.1) is 10.2 Å². The van der Waals surface area contributed by atoms with E-state index in [2.05, 4.69) is 25.1 Å². The highest BCUT2D eigenvalue weighted by molar-refractivity contribution is 5.90. The summed E-state index contributed by atoms with van der Waals surface area (Å²) < 4.78 is 4.08. The van der Waals surface area contributed by atoms with Crippen LogP contribution in [0, 0.1) is 5.41 Å². The Morgan fingerprint density at radius 2 is 2.17 bits per heavy atom. The van der Waals surface area contributed by atoms with E-state index in [1.54, 1.807) is 6.20 Å². The number of nitrogens with one attached hydrogen (secondary N) is 1. The van der Waals surface area contributed by atoms with Gasteiger partial charge in [0, 0.05) is 43.9 Å². The molecule has 3 heterocycles. The van der Waals surface area contributed by atoms with Crippen molar-refractivity contribution in [3.63, 3.8) is 0 Å². The molecule has 1 fully saturated rings. The van der Waals surface area contributed by atoms with Crippen LogP contribution in [0.3, 0.4) is 0 Å². The van der Waals surface area contributed by atoms with Crippen molar-refractivity contribution in [3.05, 3.63) is 30.4 Å². The van der Waals surface area contributed by atoms with Gasteiger partial charge >= 0.3 is 0 Å². The van der Waals surface area contributed by atoms with E-state index in [4.69, 9.17) is 0 Å². The Labute approximate surface area is 135 Å². The minimum absolute atomic E-state index is 0.0949. The fraction of sp³-hybridized carbons (Fsp3) is 0.625. The quantitative estimate of drug-likeness (QED) is 0.905. The number of imidazole rings is 1. The average molecular weight is 314 g/mol. The molecule has 1 N–H and O–H groups in total. The van der Waals surface area contributed by atoms with Gasteiger partial charge in [-0.05, 0) is 25.7 Å². The number of carbonyl (C=O) groups is 1. The largest absolute Gasteiger partial charge is 0.349 e. The Balaban J connectivity index is 1.40. The molecule has 0 aromatic carbocycles. The van der Waals surface area contributed by atoms with Crippen molar-refractivity contribution in [2.24, 2.45) is 5.41 Å². The number of fused-ring (bicyclic) bond motifs is 1. The van der Waals surface area contributed by atoms with E-state index in [-0.39, 0.29) is 11.3 Å². The third kappa shape index (κ3) is 3.00. The molecule has 1 saturated carbocycles. The number of hydrogen-bond donors (Lipinski definition) is 1. The molecule has 0 radical (unpaired) electrons. The summed E-state index contributed by atoms with van der Waals surface area (Å²) in [5.74, 6) is 1.33. The number of amides is 1. The second-order valence-corrected chi connectivity index (χ2v) is 6.82. The van der Waals surface area contributed by atoms with Crippen LogP contribution in [0.25, 0.3) is 0 Å². The number of nitrogens with zero attached hydrogens (tertiary/aromatic N) is 5. The fourth-order valence-electron chi connectivity index (χ4n) is 3.33. The first-order chi connectivity index (χ1) is 11.3. The molecule has 23 heavy (non-hydrogen) atoms. The normalized spacial score (nSPS) is 19.0. The monoisotopic (exact) mass is 314 g/mol. The van der Waals surface area contributed by atoms with Crippen LogP contribution in [-0.4, -0.2) is 36.8 Å². The van der Waals surface area contributed by atoms with Crippen molar-refractivity contribution in [1.29, 1.82) is 0 Å². The molecule has 2 aromatic rings. The van der Waals surface area contributed by atoms with Crippen LogP contribution >= 0.6 is 0 Å². The van der Waals surface area contributed by atoms with Gasteiger partial charge in [0.15, 0.2) is 0 Å². The van der Waals surface area contributed by atoms with Gasteiger partial charge in [-0.25, -0.2) is 4.98 Å². The van der Waals surface area contributed by atoms with Gasteiger partial charge in [-0.1, -0.05) is 6.42 Å². The van der Waals surface area contributed by atoms with Crippen molar-refractivity contribution < 1.29 is 4.79 Å². The predicted octanol–water partition coefficient (Wildman–Crippen LogP) is 1.41. The van der Waals surface area contributed by atoms with Crippen molar-refractivity contribution in [2.45, 2.75) is 51.6 Å². The number of rotatable bonds is 5. The van der Waals surface area contributed by atoms with Gasteiger partial charge in [-0.3, -0.25) is 4.79 Å². The molecule has 1 aliphatic heterocycles. The summed E-state index contributed by atoms with van der Waals surface area (Å²) in [4.78, 5) is 16.6. The molecule has 4 rings (SSSR count). The van der Waals surface area contributed by atoms with Gasteiger partial charge in [0.2, 0.25) is 5.82 Å². The highest BCUT2D eigenvalue weighted by atomic mass is 16.2. The second-order valence-electron chi connectivity index (χ2n) is 6.82. The van der Waals surface area contributed by atoms with Crippen LogP contribution in [0.4, 0.5) is 0 Å². The lowest BCUT2D eigenvalue weighted by Gasteiger charge is -2.16. The Morgan fingerprint density at radius 1 is 1.26 bits per heavy atom. The second kappa shape index (κ2) is 5.79. The minimum atomic E-state index is -0.0949. The van der Waals surface area contributed by atoms with Crippen LogP contribution in [-0.2, 0) is 19.5 Å². The molecule has 2 aliphatic rings. The molecule has 1 amide bonds. The van der Waals surface area contributed by atoms with Gasteiger partial charge in [0.05, 0.1) is 6.33 Å². The summed E-state index contributed by atoms with van der Waals surface area (Å²) in [7, 11) is 0. The minimum Gasteiger partial charge on any atom is -0.349 e. The molecular formula is C16H22N6O. The molecule has 1 aliphatic carbocycles. The SMILES string of the molecule is O=C(NCC1(Cn2ccnc2)CC1)c1nnc2n1CCCCC2. The number of carbonyl (C=O) groups excluding carboxylic acids is 1. The summed E-state index contributed by atoms with van der Waals surface area (Å²) in [6, 6.07) is 0. The fourth-order valence-corrected chi connectivity index (χ4v) is 3.33. The first-order valence-corrected chi connectivity index (χ1v) is 8.42. The maximum atomic E-state index is 12.5. The van der Waals surface area contributed by atoms with Crippen LogP contribution in [0.2, 0.25) is 0 Å². The zero-order chi connectivity index (χ0) is 15.7. The van der Waals surface area contributed by atoms with E-state index in [9.17, 15) is 4.79 Å².